The molecule has 0 fully saturated rings. The fraction of sp³-hybridized carbons (Fsp3) is 0.294. The van der Waals surface area contributed by atoms with Gasteiger partial charge in [0.1, 0.15) is 5.75 Å². The van der Waals surface area contributed by atoms with E-state index in [1.54, 1.807) is 7.11 Å². The highest BCUT2D eigenvalue weighted by atomic mass is 16.5. The van der Waals surface area contributed by atoms with Crippen LogP contribution in [0.2, 0.25) is 0 Å². The van der Waals surface area contributed by atoms with Crippen molar-refractivity contribution in [2.45, 2.75) is 6.42 Å². The summed E-state index contributed by atoms with van der Waals surface area (Å²) in [7, 11) is 3.76. The fourth-order valence-electron chi connectivity index (χ4n) is 2.20. The lowest BCUT2D eigenvalue weighted by atomic mass is 10.2. The van der Waals surface area contributed by atoms with Crippen LogP contribution in [0.3, 0.4) is 0 Å². The van der Waals surface area contributed by atoms with E-state index in [-0.39, 0.29) is 0 Å². The van der Waals surface area contributed by atoms with E-state index < -0.39 is 0 Å². The van der Waals surface area contributed by atoms with Gasteiger partial charge in [-0.15, -0.1) is 0 Å². The quantitative estimate of drug-likeness (QED) is 0.606. The molecule has 21 heavy (non-hydrogen) atoms. The van der Waals surface area contributed by atoms with Crippen molar-refractivity contribution >= 4 is 17.1 Å². The SMILES string of the molecule is COc1cc(N)cc(NCCCN(C)c2ccccc2)c1. The lowest BCUT2D eigenvalue weighted by Gasteiger charge is -2.19. The first-order valence-corrected chi connectivity index (χ1v) is 7.13. The number of rotatable bonds is 7. The van der Waals surface area contributed by atoms with Crippen LogP contribution in [0.25, 0.3) is 0 Å². The van der Waals surface area contributed by atoms with Gasteiger partial charge in [-0.25, -0.2) is 0 Å². The average Bonchev–Trinajstić information content (AvgIpc) is 2.51. The maximum absolute atomic E-state index is 5.84. The molecule has 4 nitrogen and oxygen atoms in total. The van der Waals surface area contributed by atoms with E-state index in [1.807, 2.05) is 24.3 Å². The largest absolute Gasteiger partial charge is 0.497 e. The van der Waals surface area contributed by atoms with E-state index in [4.69, 9.17) is 10.5 Å². The molecule has 3 N–H and O–H groups in total. The van der Waals surface area contributed by atoms with Crippen LogP contribution in [-0.2, 0) is 0 Å². The molecule has 2 aromatic rings. The normalized spacial score (nSPS) is 10.2. The van der Waals surface area contributed by atoms with Crippen molar-refractivity contribution in [2.75, 3.05) is 43.2 Å². The maximum atomic E-state index is 5.84. The van der Waals surface area contributed by atoms with E-state index in [9.17, 15) is 0 Å². The number of anilines is 3. The van der Waals surface area contributed by atoms with E-state index in [2.05, 4.69) is 41.5 Å². The third kappa shape index (κ3) is 4.60. The van der Waals surface area contributed by atoms with Gasteiger partial charge in [0.25, 0.3) is 0 Å². The van der Waals surface area contributed by atoms with Crippen LogP contribution < -0.4 is 20.7 Å². The topological polar surface area (TPSA) is 50.5 Å². The minimum atomic E-state index is 0.707. The molecule has 0 amide bonds. The molecule has 0 bridgehead atoms. The lowest BCUT2D eigenvalue weighted by Crippen LogP contribution is -2.20. The highest BCUT2D eigenvalue weighted by Gasteiger charge is 2.01. The second-order valence-corrected chi connectivity index (χ2v) is 5.03. The van der Waals surface area contributed by atoms with Crippen LogP contribution >= 0.6 is 0 Å². The van der Waals surface area contributed by atoms with Crippen molar-refractivity contribution in [1.29, 1.82) is 0 Å². The van der Waals surface area contributed by atoms with Crippen molar-refractivity contribution in [1.82, 2.24) is 0 Å². The summed E-state index contributed by atoms with van der Waals surface area (Å²) in [5.41, 5.74) is 8.78. The summed E-state index contributed by atoms with van der Waals surface area (Å²) in [6.45, 7) is 1.89. The van der Waals surface area contributed by atoms with Crippen LogP contribution in [0.5, 0.6) is 5.75 Å². The number of benzene rings is 2. The highest BCUT2D eigenvalue weighted by molar-refractivity contribution is 5.59. The zero-order valence-corrected chi connectivity index (χ0v) is 12.7. The Hall–Kier alpha value is -2.36. The second-order valence-electron chi connectivity index (χ2n) is 5.03. The molecule has 0 saturated carbocycles. The number of nitrogens with zero attached hydrogens (tertiary/aromatic N) is 1. The number of hydrogen-bond acceptors (Lipinski definition) is 4. The van der Waals surface area contributed by atoms with Crippen molar-refractivity contribution in [2.24, 2.45) is 0 Å². The summed E-state index contributed by atoms with van der Waals surface area (Å²) >= 11 is 0. The third-order valence-corrected chi connectivity index (χ3v) is 3.36. The summed E-state index contributed by atoms with van der Waals surface area (Å²) in [4.78, 5) is 2.25. The zero-order chi connectivity index (χ0) is 15.1. The van der Waals surface area contributed by atoms with Gasteiger partial charge in [0, 0.05) is 49.3 Å². The monoisotopic (exact) mass is 285 g/mol. The molecule has 0 heterocycles. The number of para-hydroxylation sites is 1. The predicted molar refractivity (Wildman–Crippen MR) is 90.2 cm³/mol. The Bertz CT molecular complexity index is 557. The number of hydrogen-bond donors (Lipinski definition) is 2. The van der Waals surface area contributed by atoms with Gasteiger partial charge in [-0.1, -0.05) is 18.2 Å². The predicted octanol–water partition coefficient (Wildman–Crippen LogP) is 3.22. The van der Waals surface area contributed by atoms with Gasteiger partial charge < -0.3 is 20.7 Å². The minimum absolute atomic E-state index is 0.707. The molecule has 0 spiro atoms. The van der Waals surface area contributed by atoms with Crippen molar-refractivity contribution in [3.63, 3.8) is 0 Å². The molecule has 0 atom stereocenters. The van der Waals surface area contributed by atoms with E-state index in [0.29, 0.717) is 5.69 Å². The van der Waals surface area contributed by atoms with Crippen LogP contribution in [0.15, 0.2) is 48.5 Å². The molecule has 0 saturated heterocycles. The summed E-state index contributed by atoms with van der Waals surface area (Å²) in [5.74, 6) is 0.777. The first kappa shape index (κ1) is 15.0. The number of nitrogen functional groups attached to an aromatic ring is 1. The molecule has 0 aromatic heterocycles. The summed E-state index contributed by atoms with van der Waals surface area (Å²) < 4.78 is 5.21. The van der Waals surface area contributed by atoms with Gasteiger partial charge >= 0.3 is 0 Å². The summed E-state index contributed by atoms with van der Waals surface area (Å²) in [6.07, 6.45) is 1.04. The van der Waals surface area contributed by atoms with Gasteiger partial charge in [0.15, 0.2) is 0 Å². The Labute approximate surface area is 126 Å². The number of ether oxygens (including phenoxy) is 1. The average molecular weight is 285 g/mol. The highest BCUT2D eigenvalue weighted by Crippen LogP contribution is 2.22. The first-order valence-electron chi connectivity index (χ1n) is 7.13. The number of nitrogens with one attached hydrogen (secondary N) is 1. The van der Waals surface area contributed by atoms with Crippen molar-refractivity contribution in [3.05, 3.63) is 48.5 Å². The van der Waals surface area contributed by atoms with Gasteiger partial charge in [0.05, 0.1) is 7.11 Å². The smallest absolute Gasteiger partial charge is 0.122 e. The van der Waals surface area contributed by atoms with Gasteiger partial charge in [0.2, 0.25) is 0 Å². The Balaban J connectivity index is 1.78. The van der Waals surface area contributed by atoms with E-state index in [0.717, 1.165) is 30.9 Å². The molecule has 4 heteroatoms. The first-order chi connectivity index (χ1) is 10.2. The molecular weight excluding hydrogens is 262 g/mol. The molecule has 0 radical (unpaired) electrons. The maximum Gasteiger partial charge on any atom is 0.122 e. The lowest BCUT2D eigenvalue weighted by molar-refractivity contribution is 0.415. The molecule has 0 aliphatic rings. The van der Waals surface area contributed by atoms with Crippen LogP contribution in [0, 0.1) is 0 Å². The van der Waals surface area contributed by atoms with Gasteiger partial charge in [-0.2, -0.15) is 0 Å². The summed E-state index contributed by atoms with van der Waals surface area (Å²) in [6, 6.07) is 16.1. The Morgan fingerprint density at radius 3 is 2.62 bits per heavy atom. The van der Waals surface area contributed by atoms with Crippen molar-refractivity contribution < 1.29 is 4.74 Å². The molecule has 0 aliphatic heterocycles. The Kier molecular flexibility index (Phi) is 5.32. The molecule has 112 valence electrons. The summed E-state index contributed by atoms with van der Waals surface area (Å²) in [5, 5.41) is 3.38. The van der Waals surface area contributed by atoms with Crippen molar-refractivity contribution in [3.8, 4) is 5.75 Å². The van der Waals surface area contributed by atoms with Crippen LogP contribution in [0.1, 0.15) is 6.42 Å². The fourth-order valence-corrected chi connectivity index (χ4v) is 2.20. The Morgan fingerprint density at radius 1 is 1.14 bits per heavy atom. The van der Waals surface area contributed by atoms with Gasteiger partial charge in [-0.05, 0) is 24.6 Å². The van der Waals surface area contributed by atoms with Gasteiger partial charge in [-0.3, -0.25) is 0 Å². The standard InChI is InChI=1S/C17H23N3O/c1-20(16-7-4-3-5-8-16)10-6-9-19-15-11-14(18)12-17(13-15)21-2/h3-5,7-8,11-13,19H,6,9-10,18H2,1-2H3. The van der Waals surface area contributed by atoms with E-state index >= 15 is 0 Å². The molecule has 0 unspecified atom stereocenters. The molecule has 2 aromatic carbocycles. The number of nitrogens with two attached hydrogens (primary N) is 1. The Morgan fingerprint density at radius 2 is 1.90 bits per heavy atom. The number of methoxy groups -OCH3 is 1. The van der Waals surface area contributed by atoms with Crippen LogP contribution in [0.4, 0.5) is 17.1 Å². The zero-order valence-electron chi connectivity index (χ0n) is 12.7. The van der Waals surface area contributed by atoms with Crippen LogP contribution in [-0.4, -0.2) is 27.2 Å². The molecule has 2 rings (SSSR count). The van der Waals surface area contributed by atoms with E-state index in [1.165, 1.54) is 5.69 Å². The molecule has 0 aliphatic carbocycles. The third-order valence-electron chi connectivity index (χ3n) is 3.36. The second kappa shape index (κ2) is 7.43. The minimum Gasteiger partial charge on any atom is -0.497 e. The molecular formula is C17H23N3O.